The van der Waals surface area contributed by atoms with Gasteiger partial charge in [0, 0.05) is 0 Å². The van der Waals surface area contributed by atoms with Gasteiger partial charge < -0.3 is 20.0 Å². The smallest absolute Gasteiger partial charge is 0.338 e. The van der Waals surface area contributed by atoms with Crippen molar-refractivity contribution in [1.82, 2.24) is 0 Å². The summed E-state index contributed by atoms with van der Waals surface area (Å²) in [6, 6.07) is 0. The van der Waals surface area contributed by atoms with Gasteiger partial charge in [-0.3, -0.25) is 4.57 Å². The van der Waals surface area contributed by atoms with Gasteiger partial charge in [-0.1, -0.05) is 19.0 Å². The third-order valence-electron chi connectivity index (χ3n) is 2.32. The first-order valence-corrected chi connectivity index (χ1v) is 7.51. The first-order chi connectivity index (χ1) is 7.86. The van der Waals surface area contributed by atoms with Crippen LogP contribution in [0.5, 0.6) is 0 Å². The predicted octanol–water partition coefficient (Wildman–Crippen LogP) is 2.56. The quantitative estimate of drug-likeness (QED) is 0.231. The third-order valence-corrected chi connectivity index (χ3v) is 4.39. The summed E-state index contributed by atoms with van der Waals surface area (Å²) in [5.74, 6) is -0.153. The monoisotopic (exact) mass is 266 g/mol. The molecule has 3 N–H and O–H groups in total. The van der Waals surface area contributed by atoms with Crippen LogP contribution in [-0.2, 0) is 13.6 Å². The van der Waals surface area contributed by atoms with Crippen molar-refractivity contribution in [3.63, 3.8) is 0 Å². The molecule has 0 aliphatic rings. The molecule has 0 aliphatic carbocycles. The van der Waals surface area contributed by atoms with Crippen molar-refractivity contribution in [1.29, 1.82) is 0 Å². The maximum absolute atomic E-state index is 12.4. The van der Waals surface area contributed by atoms with E-state index in [0.29, 0.717) is 12.8 Å². The number of amidine groups is 1. The van der Waals surface area contributed by atoms with Gasteiger partial charge >= 0.3 is 7.60 Å². The molecule has 0 spiro atoms. The molecule has 2 unspecified atom stereocenters. The molecule has 17 heavy (non-hydrogen) atoms. The minimum Gasteiger partial charge on any atom is -0.409 e. The van der Waals surface area contributed by atoms with Crippen LogP contribution in [0.25, 0.3) is 0 Å². The summed E-state index contributed by atoms with van der Waals surface area (Å²) in [5, 5.41) is 11.3. The van der Waals surface area contributed by atoms with E-state index in [9.17, 15) is 4.57 Å². The maximum Gasteiger partial charge on any atom is 0.338 e. The second kappa shape index (κ2) is 7.69. The number of oxime groups is 1. The van der Waals surface area contributed by atoms with Crippen LogP contribution in [0.3, 0.4) is 0 Å². The fourth-order valence-electron chi connectivity index (χ4n) is 1.03. The van der Waals surface area contributed by atoms with Crippen LogP contribution in [0.2, 0.25) is 0 Å². The Labute approximate surface area is 103 Å². The minimum absolute atomic E-state index is 0.153. The van der Waals surface area contributed by atoms with Crippen molar-refractivity contribution in [2.24, 2.45) is 10.9 Å². The maximum atomic E-state index is 12.4. The summed E-state index contributed by atoms with van der Waals surface area (Å²) in [4.78, 5) is 0. The van der Waals surface area contributed by atoms with Crippen molar-refractivity contribution >= 4 is 13.4 Å². The predicted molar refractivity (Wildman–Crippen MR) is 67.6 cm³/mol. The third kappa shape index (κ3) is 6.66. The fraction of sp³-hybridized carbons (Fsp3) is 0.900. The Morgan fingerprint density at radius 1 is 1.29 bits per heavy atom. The van der Waals surface area contributed by atoms with Gasteiger partial charge in [0.05, 0.1) is 12.2 Å². The topological polar surface area (TPSA) is 94.1 Å². The van der Waals surface area contributed by atoms with Crippen molar-refractivity contribution in [3.05, 3.63) is 0 Å². The molecule has 7 heteroatoms. The van der Waals surface area contributed by atoms with Crippen LogP contribution in [0.15, 0.2) is 5.16 Å². The van der Waals surface area contributed by atoms with Crippen molar-refractivity contribution in [2.45, 2.75) is 52.7 Å². The number of nitrogens with two attached hydrogens (primary N) is 1. The molecule has 0 saturated carbocycles. The van der Waals surface area contributed by atoms with Gasteiger partial charge in [0.1, 0.15) is 6.16 Å². The zero-order chi connectivity index (χ0) is 13.5. The van der Waals surface area contributed by atoms with E-state index in [2.05, 4.69) is 5.16 Å². The van der Waals surface area contributed by atoms with E-state index in [0.717, 1.165) is 0 Å². The highest BCUT2D eigenvalue weighted by atomic mass is 31.2. The normalized spacial score (nSPS) is 19.6. The van der Waals surface area contributed by atoms with E-state index >= 15 is 0 Å². The highest BCUT2D eigenvalue weighted by molar-refractivity contribution is 7.54. The van der Waals surface area contributed by atoms with E-state index in [4.69, 9.17) is 20.0 Å². The van der Waals surface area contributed by atoms with Gasteiger partial charge in [0.25, 0.3) is 0 Å². The lowest BCUT2D eigenvalue weighted by molar-refractivity contribution is 0.126. The highest BCUT2D eigenvalue weighted by Crippen LogP contribution is 2.50. The molecule has 2 atom stereocenters. The largest absolute Gasteiger partial charge is 0.409 e. The molecule has 0 radical (unpaired) electrons. The lowest BCUT2D eigenvalue weighted by Gasteiger charge is -2.24. The average Bonchev–Trinajstić information content (AvgIpc) is 2.27. The van der Waals surface area contributed by atoms with Gasteiger partial charge in [-0.25, -0.2) is 0 Å². The highest BCUT2D eigenvalue weighted by Gasteiger charge is 2.30. The van der Waals surface area contributed by atoms with Gasteiger partial charge in [0.15, 0.2) is 5.84 Å². The van der Waals surface area contributed by atoms with E-state index < -0.39 is 7.60 Å². The molecule has 0 bridgehead atoms. The average molecular weight is 266 g/mol. The molecule has 0 saturated heterocycles. The summed E-state index contributed by atoms with van der Waals surface area (Å²) in [5.41, 5.74) is 5.36. The molecular formula is C10H23N2O4P. The first kappa shape index (κ1) is 16.4. The molecule has 102 valence electrons. The van der Waals surface area contributed by atoms with Crippen LogP contribution < -0.4 is 5.73 Å². The van der Waals surface area contributed by atoms with E-state index in [1.807, 2.05) is 13.8 Å². The molecule has 0 rings (SSSR count). The number of rotatable bonds is 8. The van der Waals surface area contributed by atoms with Crippen LogP contribution in [0.1, 0.15) is 40.5 Å². The summed E-state index contributed by atoms with van der Waals surface area (Å²) >= 11 is 0. The van der Waals surface area contributed by atoms with E-state index in [1.54, 1.807) is 13.8 Å². The summed E-state index contributed by atoms with van der Waals surface area (Å²) in [6.45, 7) is 7.45. The Morgan fingerprint density at radius 2 is 1.71 bits per heavy atom. The number of nitrogens with zero attached hydrogens (tertiary/aromatic N) is 1. The van der Waals surface area contributed by atoms with Gasteiger partial charge in [0.2, 0.25) is 0 Å². The molecular weight excluding hydrogens is 243 g/mol. The SMILES string of the molecule is CCC(C)OP(=O)(CC(N)=NO)OC(C)CC. The molecule has 0 aromatic rings. The Hall–Kier alpha value is -0.580. The molecule has 0 aromatic heterocycles. The Bertz CT molecular complexity index is 280. The van der Waals surface area contributed by atoms with Crippen molar-refractivity contribution in [2.75, 3.05) is 6.16 Å². The zero-order valence-corrected chi connectivity index (χ0v) is 11.8. The lowest BCUT2D eigenvalue weighted by atomic mass is 10.3. The summed E-state index contributed by atoms with van der Waals surface area (Å²) < 4.78 is 23.2. The lowest BCUT2D eigenvalue weighted by Crippen LogP contribution is -2.22. The summed E-state index contributed by atoms with van der Waals surface area (Å²) in [6.07, 6.45) is 0.833. The standard InChI is InChI=1S/C10H23N2O4P/c1-5-8(3)15-17(14,7-10(11)12-13)16-9(4)6-2/h8-9,13H,5-7H2,1-4H3,(H2,11,12). The van der Waals surface area contributed by atoms with E-state index in [-0.39, 0.29) is 24.2 Å². The van der Waals surface area contributed by atoms with Gasteiger partial charge in [-0.15, -0.1) is 0 Å². The molecule has 0 fully saturated rings. The Kier molecular flexibility index (Phi) is 7.43. The van der Waals surface area contributed by atoms with Crippen molar-refractivity contribution < 1.29 is 18.8 Å². The fourth-order valence-corrected chi connectivity index (χ4v) is 3.08. The Morgan fingerprint density at radius 3 is 2.00 bits per heavy atom. The minimum atomic E-state index is -3.35. The Balaban J connectivity index is 4.74. The second-order valence-electron chi connectivity index (χ2n) is 4.01. The van der Waals surface area contributed by atoms with E-state index in [1.165, 1.54) is 0 Å². The second-order valence-corrected chi connectivity index (χ2v) is 5.97. The first-order valence-electron chi connectivity index (χ1n) is 5.79. The molecule has 6 nitrogen and oxygen atoms in total. The van der Waals surface area contributed by atoms with Crippen molar-refractivity contribution in [3.8, 4) is 0 Å². The molecule has 0 aromatic carbocycles. The van der Waals surface area contributed by atoms with Gasteiger partial charge in [-0.2, -0.15) is 0 Å². The van der Waals surface area contributed by atoms with Crippen LogP contribution in [0.4, 0.5) is 0 Å². The van der Waals surface area contributed by atoms with Crippen LogP contribution in [0, 0.1) is 0 Å². The molecule has 0 aliphatic heterocycles. The zero-order valence-electron chi connectivity index (χ0n) is 10.9. The molecule has 0 heterocycles. The molecule has 0 amide bonds. The van der Waals surface area contributed by atoms with Crippen LogP contribution in [-0.4, -0.2) is 29.4 Å². The van der Waals surface area contributed by atoms with Gasteiger partial charge in [-0.05, 0) is 26.7 Å². The van der Waals surface area contributed by atoms with Crippen LogP contribution >= 0.6 is 7.60 Å². The number of hydrogen-bond donors (Lipinski definition) is 2. The number of hydrogen-bond acceptors (Lipinski definition) is 5. The summed E-state index contributed by atoms with van der Waals surface area (Å²) in [7, 11) is -3.35.